The predicted molar refractivity (Wildman–Crippen MR) is 60.6 cm³/mol. The lowest BCUT2D eigenvalue weighted by Gasteiger charge is -2.18. The van der Waals surface area contributed by atoms with Crippen LogP contribution in [0.2, 0.25) is 0 Å². The van der Waals surface area contributed by atoms with E-state index in [2.05, 4.69) is 19.2 Å². The van der Waals surface area contributed by atoms with Crippen LogP contribution in [-0.4, -0.2) is 36.0 Å². The Balaban J connectivity index is 1.75. The third-order valence-electron chi connectivity index (χ3n) is 3.29. The molecule has 1 saturated carbocycles. The van der Waals surface area contributed by atoms with Crippen LogP contribution in [0.1, 0.15) is 39.5 Å². The van der Waals surface area contributed by atoms with Crippen molar-refractivity contribution >= 4 is 5.91 Å². The van der Waals surface area contributed by atoms with Crippen molar-refractivity contribution in [1.82, 2.24) is 10.2 Å². The summed E-state index contributed by atoms with van der Waals surface area (Å²) in [6.45, 7) is 6.32. The molecule has 0 aromatic rings. The standard InChI is InChI=1S/C12H22N2O/c1-9(2)5-7-14-8-6-11(12(14)15)13-10-3-4-10/h9-11,13H,3-8H2,1-2H3. The number of rotatable bonds is 5. The van der Waals surface area contributed by atoms with Crippen LogP contribution in [0.5, 0.6) is 0 Å². The number of carbonyl (C=O) groups excluding carboxylic acids is 1. The van der Waals surface area contributed by atoms with E-state index in [0.29, 0.717) is 17.9 Å². The monoisotopic (exact) mass is 210 g/mol. The molecule has 1 aliphatic heterocycles. The predicted octanol–water partition coefficient (Wildman–Crippen LogP) is 1.39. The van der Waals surface area contributed by atoms with Crippen LogP contribution >= 0.6 is 0 Å². The van der Waals surface area contributed by atoms with Crippen molar-refractivity contribution in [3.05, 3.63) is 0 Å². The second kappa shape index (κ2) is 4.52. The van der Waals surface area contributed by atoms with Crippen LogP contribution in [0.4, 0.5) is 0 Å². The molecular formula is C12H22N2O. The number of carbonyl (C=O) groups is 1. The minimum absolute atomic E-state index is 0.129. The highest BCUT2D eigenvalue weighted by atomic mass is 16.2. The minimum Gasteiger partial charge on any atom is -0.341 e. The van der Waals surface area contributed by atoms with Gasteiger partial charge in [-0.2, -0.15) is 0 Å². The zero-order chi connectivity index (χ0) is 10.8. The first-order valence-electron chi connectivity index (χ1n) is 6.21. The van der Waals surface area contributed by atoms with Crippen LogP contribution in [0.3, 0.4) is 0 Å². The van der Waals surface area contributed by atoms with Crippen molar-refractivity contribution in [2.45, 2.75) is 51.6 Å². The highest BCUT2D eigenvalue weighted by molar-refractivity contribution is 5.84. The Morgan fingerprint density at radius 3 is 2.73 bits per heavy atom. The first kappa shape index (κ1) is 10.9. The zero-order valence-corrected chi connectivity index (χ0v) is 9.83. The smallest absolute Gasteiger partial charge is 0.239 e. The lowest BCUT2D eigenvalue weighted by atomic mass is 10.1. The normalized spacial score (nSPS) is 26.7. The van der Waals surface area contributed by atoms with Crippen molar-refractivity contribution in [3.63, 3.8) is 0 Å². The van der Waals surface area contributed by atoms with Crippen LogP contribution in [0.25, 0.3) is 0 Å². The van der Waals surface area contributed by atoms with Gasteiger partial charge in [-0.15, -0.1) is 0 Å². The lowest BCUT2D eigenvalue weighted by molar-refractivity contribution is -0.129. The maximum atomic E-state index is 11.9. The molecule has 1 amide bonds. The molecule has 1 unspecified atom stereocenters. The molecule has 3 heteroatoms. The SMILES string of the molecule is CC(C)CCN1CCC(NC2CC2)C1=O. The van der Waals surface area contributed by atoms with Gasteiger partial charge in [-0.25, -0.2) is 0 Å². The summed E-state index contributed by atoms with van der Waals surface area (Å²) in [4.78, 5) is 14.0. The summed E-state index contributed by atoms with van der Waals surface area (Å²) in [6, 6.07) is 0.772. The fraction of sp³-hybridized carbons (Fsp3) is 0.917. The van der Waals surface area contributed by atoms with Gasteiger partial charge in [-0.3, -0.25) is 4.79 Å². The Hall–Kier alpha value is -0.570. The second-order valence-corrected chi connectivity index (χ2v) is 5.29. The van der Waals surface area contributed by atoms with E-state index in [9.17, 15) is 4.79 Å². The van der Waals surface area contributed by atoms with E-state index in [4.69, 9.17) is 0 Å². The molecule has 2 aliphatic rings. The van der Waals surface area contributed by atoms with E-state index in [-0.39, 0.29) is 6.04 Å². The maximum absolute atomic E-state index is 11.9. The number of likely N-dealkylation sites (tertiary alicyclic amines) is 1. The Morgan fingerprint density at radius 1 is 1.40 bits per heavy atom. The number of hydrogen-bond donors (Lipinski definition) is 1. The molecule has 0 aromatic heterocycles. The van der Waals surface area contributed by atoms with Gasteiger partial charge in [-0.05, 0) is 31.6 Å². The summed E-state index contributed by atoms with van der Waals surface area (Å²) in [5.74, 6) is 1.02. The Bertz CT molecular complexity index is 236. The fourth-order valence-corrected chi connectivity index (χ4v) is 2.06. The van der Waals surface area contributed by atoms with Crippen molar-refractivity contribution in [3.8, 4) is 0 Å². The van der Waals surface area contributed by atoms with Crippen molar-refractivity contribution < 1.29 is 4.79 Å². The summed E-state index contributed by atoms with van der Waals surface area (Å²) < 4.78 is 0. The van der Waals surface area contributed by atoms with Gasteiger partial charge in [0.15, 0.2) is 0 Å². The van der Waals surface area contributed by atoms with Crippen molar-refractivity contribution in [2.24, 2.45) is 5.92 Å². The number of nitrogens with zero attached hydrogens (tertiary/aromatic N) is 1. The molecule has 1 saturated heterocycles. The molecule has 15 heavy (non-hydrogen) atoms. The molecule has 1 heterocycles. The fourth-order valence-electron chi connectivity index (χ4n) is 2.06. The van der Waals surface area contributed by atoms with Gasteiger partial charge in [0.25, 0.3) is 0 Å². The molecule has 2 rings (SSSR count). The number of hydrogen-bond acceptors (Lipinski definition) is 2. The lowest BCUT2D eigenvalue weighted by Crippen LogP contribution is -2.39. The van der Waals surface area contributed by atoms with Crippen molar-refractivity contribution in [1.29, 1.82) is 0 Å². The molecule has 1 N–H and O–H groups in total. The third-order valence-corrected chi connectivity index (χ3v) is 3.29. The Morgan fingerprint density at radius 2 is 2.13 bits per heavy atom. The van der Waals surface area contributed by atoms with E-state index in [1.54, 1.807) is 0 Å². The zero-order valence-electron chi connectivity index (χ0n) is 9.83. The molecule has 3 nitrogen and oxygen atoms in total. The molecule has 1 atom stereocenters. The topological polar surface area (TPSA) is 32.3 Å². The molecule has 0 radical (unpaired) electrons. The summed E-state index contributed by atoms with van der Waals surface area (Å²) >= 11 is 0. The van der Waals surface area contributed by atoms with E-state index in [0.717, 1.165) is 25.9 Å². The summed E-state index contributed by atoms with van der Waals surface area (Å²) in [7, 11) is 0. The maximum Gasteiger partial charge on any atom is 0.239 e. The van der Waals surface area contributed by atoms with Gasteiger partial charge in [0.1, 0.15) is 0 Å². The quantitative estimate of drug-likeness (QED) is 0.743. The Kier molecular flexibility index (Phi) is 3.29. The average Bonchev–Trinajstić information content (AvgIpc) is 2.92. The van der Waals surface area contributed by atoms with E-state index < -0.39 is 0 Å². The highest BCUT2D eigenvalue weighted by Crippen LogP contribution is 2.22. The van der Waals surface area contributed by atoms with Crippen LogP contribution in [0.15, 0.2) is 0 Å². The molecule has 86 valence electrons. The van der Waals surface area contributed by atoms with Crippen LogP contribution in [-0.2, 0) is 4.79 Å². The van der Waals surface area contributed by atoms with E-state index in [1.807, 2.05) is 4.90 Å². The molecule has 2 fully saturated rings. The van der Waals surface area contributed by atoms with Gasteiger partial charge in [-0.1, -0.05) is 13.8 Å². The third kappa shape index (κ3) is 2.94. The molecule has 0 spiro atoms. The highest BCUT2D eigenvalue weighted by Gasteiger charge is 2.35. The van der Waals surface area contributed by atoms with Gasteiger partial charge in [0.2, 0.25) is 5.91 Å². The van der Waals surface area contributed by atoms with E-state index in [1.165, 1.54) is 12.8 Å². The van der Waals surface area contributed by atoms with Gasteiger partial charge in [0.05, 0.1) is 6.04 Å². The second-order valence-electron chi connectivity index (χ2n) is 5.29. The van der Waals surface area contributed by atoms with Crippen LogP contribution < -0.4 is 5.32 Å². The minimum atomic E-state index is 0.129. The van der Waals surface area contributed by atoms with Gasteiger partial charge >= 0.3 is 0 Å². The van der Waals surface area contributed by atoms with Crippen molar-refractivity contribution in [2.75, 3.05) is 13.1 Å². The van der Waals surface area contributed by atoms with Crippen LogP contribution in [0, 0.1) is 5.92 Å². The molecular weight excluding hydrogens is 188 g/mol. The first-order chi connectivity index (χ1) is 7.16. The molecule has 1 aliphatic carbocycles. The van der Waals surface area contributed by atoms with Gasteiger partial charge < -0.3 is 10.2 Å². The number of nitrogens with one attached hydrogen (secondary N) is 1. The van der Waals surface area contributed by atoms with Gasteiger partial charge in [0, 0.05) is 19.1 Å². The molecule has 0 aromatic carbocycles. The first-order valence-corrected chi connectivity index (χ1v) is 6.21. The summed E-state index contributed by atoms with van der Waals surface area (Å²) in [5.41, 5.74) is 0. The number of amides is 1. The van der Waals surface area contributed by atoms with E-state index >= 15 is 0 Å². The Labute approximate surface area is 92.2 Å². The average molecular weight is 210 g/mol. The summed E-state index contributed by atoms with van der Waals surface area (Å²) in [6.07, 6.45) is 4.65. The largest absolute Gasteiger partial charge is 0.341 e. The molecule has 0 bridgehead atoms. The summed E-state index contributed by atoms with van der Waals surface area (Å²) in [5, 5.41) is 3.43.